The van der Waals surface area contributed by atoms with E-state index in [1.54, 1.807) is 6.08 Å². The summed E-state index contributed by atoms with van der Waals surface area (Å²) in [6.45, 7) is 0.478. The number of ether oxygens (including phenoxy) is 1. The highest BCUT2D eigenvalue weighted by Gasteiger charge is 2.34. The number of halogens is 4. The van der Waals surface area contributed by atoms with E-state index < -0.39 is 17.8 Å². The first kappa shape index (κ1) is 14.4. The van der Waals surface area contributed by atoms with Gasteiger partial charge in [0.1, 0.15) is 11.9 Å². The molecule has 1 atom stereocenters. The maximum atomic E-state index is 12.8. The normalized spacial score (nSPS) is 17.6. The minimum Gasteiger partial charge on any atom is -0.495 e. The van der Waals surface area contributed by atoms with E-state index in [2.05, 4.69) is 15.9 Å². The van der Waals surface area contributed by atoms with Crippen molar-refractivity contribution in [3.8, 4) is 0 Å². The quantitative estimate of drug-likeness (QED) is 0.877. The number of alkyl halides is 3. The molecule has 0 radical (unpaired) electrons. The van der Waals surface area contributed by atoms with Gasteiger partial charge >= 0.3 is 6.18 Å². The average molecular weight is 337 g/mol. The lowest BCUT2D eigenvalue weighted by Crippen LogP contribution is -2.12. The van der Waals surface area contributed by atoms with Crippen molar-refractivity contribution >= 4 is 15.9 Å². The molecular formula is C13H12BrF3O2. The smallest absolute Gasteiger partial charge is 0.417 e. The number of allylic oxidation sites excluding steroid dienone is 1. The molecule has 1 heterocycles. The minimum absolute atomic E-state index is 0.0468. The van der Waals surface area contributed by atoms with E-state index in [1.165, 1.54) is 12.1 Å². The van der Waals surface area contributed by atoms with Crippen LogP contribution in [0.25, 0.3) is 0 Å². The predicted molar refractivity (Wildman–Crippen MR) is 67.4 cm³/mol. The number of hydrogen-bond donors (Lipinski definition) is 1. The highest BCUT2D eigenvalue weighted by atomic mass is 79.9. The van der Waals surface area contributed by atoms with Crippen LogP contribution in [-0.4, -0.2) is 11.7 Å². The molecule has 19 heavy (non-hydrogen) atoms. The standard InChI is InChI=1S/C13H12BrF3O2/c14-10-5-4-8(7-9(10)13(15,16)17)12(18)11-3-1-2-6-19-11/h3-5,7,12,18H,1-2,6H2. The Morgan fingerprint density at radius 1 is 1.32 bits per heavy atom. The van der Waals surface area contributed by atoms with Crippen LogP contribution in [0.5, 0.6) is 0 Å². The van der Waals surface area contributed by atoms with Gasteiger partial charge in [-0.1, -0.05) is 22.0 Å². The number of rotatable bonds is 2. The lowest BCUT2D eigenvalue weighted by Gasteiger charge is -2.21. The van der Waals surface area contributed by atoms with Gasteiger partial charge in [-0.25, -0.2) is 0 Å². The Bertz CT molecular complexity index is 497. The van der Waals surface area contributed by atoms with Gasteiger partial charge in [0, 0.05) is 4.47 Å². The minimum atomic E-state index is -4.46. The molecule has 0 aliphatic carbocycles. The maximum absolute atomic E-state index is 12.8. The van der Waals surface area contributed by atoms with E-state index in [0.717, 1.165) is 18.9 Å². The fourth-order valence-corrected chi connectivity index (χ4v) is 2.33. The molecule has 0 saturated carbocycles. The van der Waals surface area contributed by atoms with Gasteiger partial charge in [0.15, 0.2) is 0 Å². The fourth-order valence-electron chi connectivity index (χ4n) is 1.86. The van der Waals surface area contributed by atoms with Gasteiger partial charge in [0.25, 0.3) is 0 Å². The zero-order chi connectivity index (χ0) is 14.0. The van der Waals surface area contributed by atoms with Crippen molar-refractivity contribution in [3.05, 3.63) is 45.6 Å². The molecule has 2 rings (SSSR count). The first-order valence-corrected chi connectivity index (χ1v) is 6.56. The summed E-state index contributed by atoms with van der Waals surface area (Å²) in [5.41, 5.74) is -0.635. The molecular weight excluding hydrogens is 325 g/mol. The summed E-state index contributed by atoms with van der Waals surface area (Å²) >= 11 is 2.86. The molecule has 0 spiro atoms. The van der Waals surface area contributed by atoms with Gasteiger partial charge in [0.2, 0.25) is 0 Å². The van der Waals surface area contributed by atoms with Crippen LogP contribution >= 0.6 is 15.9 Å². The van der Waals surface area contributed by atoms with Crippen LogP contribution in [-0.2, 0) is 10.9 Å². The Kier molecular flexibility index (Phi) is 4.20. The third-order valence-corrected chi connectivity index (χ3v) is 3.54. The van der Waals surface area contributed by atoms with Gasteiger partial charge in [-0.3, -0.25) is 0 Å². The van der Waals surface area contributed by atoms with Gasteiger partial charge in [-0.15, -0.1) is 0 Å². The molecule has 1 unspecified atom stereocenters. The van der Waals surface area contributed by atoms with E-state index in [9.17, 15) is 18.3 Å². The molecule has 1 aromatic carbocycles. The van der Waals surface area contributed by atoms with E-state index in [4.69, 9.17) is 4.74 Å². The number of benzene rings is 1. The van der Waals surface area contributed by atoms with Crippen LogP contribution in [0.3, 0.4) is 0 Å². The molecule has 1 aliphatic rings. The molecule has 6 heteroatoms. The second-order valence-electron chi connectivity index (χ2n) is 4.24. The number of aliphatic hydroxyl groups excluding tert-OH is 1. The van der Waals surface area contributed by atoms with E-state index >= 15 is 0 Å². The molecule has 104 valence electrons. The summed E-state index contributed by atoms with van der Waals surface area (Å²) in [7, 11) is 0. The third-order valence-electron chi connectivity index (χ3n) is 2.84. The number of aliphatic hydroxyl groups is 1. The molecule has 0 bridgehead atoms. The van der Waals surface area contributed by atoms with E-state index in [0.29, 0.717) is 12.4 Å². The Morgan fingerprint density at radius 2 is 2.05 bits per heavy atom. The van der Waals surface area contributed by atoms with Crippen LogP contribution in [0.1, 0.15) is 30.1 Å². The zero-order valence-corrected chi connectivity index (χ0v) is 11.5. The molecule has 1 N–H and O–H groups in total. The fraction of sp³-hybridized carbons (Fsp3) is 0.385. The first-order chi connectivity index (χ1) is 8.89. The third kappa shape index (κ3) is 3.30. The summed E-state index contributed by atoms with van der Waals surface area (Å²) in [5, 5.41) is 10.1. The SMILES string of the molecule is OC(C1=CCCCO1)c1ccc(Br)c(C(F)(F)F)c1. The lowest BCUT2D eigenvalue weighted by atomic mass is 10.0. The van der Waals surface area contributed by atoms with Gasteiger partial charge in [0.05, 0.1) is 12.2 Å². The van der Waals surface area contributed by atoms with Crippen molar-refractivity contribution < 1.29 is 23.0 Å². The average Bonchev–Trinajstić information content (AvgIpc) is 2.38. The maximum Gasteiger partial charge on any atom is 0.417 e. The van der Waals surface area contributed by atoms with Crippen molar-refractivity contribution in [1.82, 2.24) is 0 Å². The van der Waals surface area contributed by atoms with Crippen molar-refractivity contribution in [2.45, 2.75) is 25.1 Å². The number of hydrogen-bond acceptors (Lipinski definition) is 2. The Morgan fingerprint density at radius 3 is 2.63 bits per heavy atom. The second kappa shape index (κ2) is 5.54. The topological polar surface area (TPSA) is 29.5 Å². The van der Waals surface area contributed by atoms with Crippen molar-refractivity contribution in [1.29, 1.82) is 0 Å². The lowest BCUT2D eigenvalue weighted by molar-refractivity contribution is -0.138. The summed E-state index contributed by atoms with van der Waals surface area (Å²) in [6.07, 6.45) is -2.30. The molecule has 0 saturated heterocycles. The molecule has 2 nitrogen and oxygen atoms in total. The van der Waals surface area contributed by atoms with Crippen molar-refractivity contribution in [2.75, 3.05) is 6.61 Å². The summed E-state index contributed by atoms with van der Waals surface area (Å²) in [4.78, 5) is 0. The first-order valence-electron chi connectivity index (χ1n) is 5.77. The van der Waals surface area contributed by atoms with E-state index in [1.807, 2.05) is 0 Å². The Balaban J connectivity index is 2.33. The van der Waals surface area contributed by atoms with Crippen LogP contribution < -0.4 is 0 Å². The van der Waals surface area contributed by atoms with Crippen LogP contribution in [0.2, 0.25) is 0 Å². The predicted octanol–water partition coefficient (Wildman–Crippen LogP) is 4.20. The molecule has 0 fully saturated rings. The van der Waals surface area contributed by atoms with Gasteiger partial charge < -0.3 is 9.84 Å². The molecule has 1 aromatic rings. The van der Waals surface area contributed by atoms with Gasteiger partial charge in [-0.05, 0) is 36.6 Å². The Labute approximate surface area is 117 Å². The molecule has 0 aromatic heterocycles. The van der Waals surface area contributed by atoms with Crippen molar-refractivity contribution in [3.63, 3.8) is 0 Å². The van der Waals surface area contributed by atoms with Crippen LogP contribution in [0, 0.1) is 0 Å². The summed E-state index contributed by atoms with van der Waals surface area (Å²) in [5.74, 6) is 0.321. The van der Waals surface area contributed by atoms with Crippen molar-refractivity contribution in [2.24, 2.45) is 0 Å². The zero-order valence-electron chi connectivity index (χ0n) is 9.88. The monoisotopic (exact) mass is 336 g/mol. The van der Waals surface area contributed by atoms with Crippen LogP contribution in [0.4, 0.5) is 13.2 Å². The van der Waals surface area contributed by atoms with E-state index in [-0.39, 0.29) is 10.0 Å². The summed E-state index contributed by atoms with van der Waals surface area (Å²) < 4.78 is 43.6. The second-order valence-corrected chi connectivity index (χ2v) is 5.09. The highest BCUT2D eigenvalue weighted by Crippen LogP contribution is 2.37. The Hall–Kier alpha value is -1.01. The largest absolute Gasteiger partial charge is 0.495 e. The highest BCUT2D eigenvalue weighted by molar-refractivity contribution is 9.10. The van der Waals surface area contributed by atoms with Gasteiger partial charge in [-0.2, -0.15) is 13.2 Å². The summed E-state index contributed by atoms with van der Waals surface area (Å²) in [6, 6.07) is 3.67. The van der Waals surface area contributed by atoms with Crippen LogP contribution in [0.15, 0.2) is 34.5 Å². The molecule has 1 aliphatic heterocycles. The molecule has 0 amide bonds.